The predicted octanol–water partition coefficient (Wildman–Crippen LogP) is 6.44. The Bertz CT molecular complexity index is 573. The van der Waals surface area contributed by atoms with Gasteiger partial charge in [-0.25, -0.2) is 0 Å². The first-order valence-electron chi connectivity index (χ1n) is 13.1. The van der Waals surface area contributed by atoms with Gasteiger partial charge in [0.15, 0.2) is 0 Å². The average molecular weight is 405 g/mol. The third-order valence-electron chi connectivity index (χ3n) is 10.9. The average Bonchev–Trinajstić information content (AvgIpc) is 3.02. The van der Waals surface area contributed by atoms with Gasteiger partial charge in [0.1, 0.15) is 0 Å². The first kappa shape index (κ1) is 22.1. The normalized spacial score (nSPS) is 50.7. The SMILES string of the molecule is CC(C)CCCC(C)C1CCC2C3C(O)C(O)C4CCCCC4(C)C3CCC12C. The second-order valence-corrected chi connectivity index (χ2v) is 12.7. The first-order valence-corrected chi connectivity index (χ1v) is 13.1. The number of aliphatic hydroxyl groups excluding tert-OH is 2. The molecule has 4 saturated carbocycles. The fourth-order valence-corrected chi connectivity index (χ4v) is 9.34. The largest absolute Gasteiger partial charge is 0.390 e. The van der Waals surface area contributed by atoms with Gasteiger partial charge in [-0.2, -0.15) is 0 Å². The molecule has 10 atom stereocenters. The maximum Gasteiger partial charge on any atom is 0.0835 e. The van der Waals surface area contributed by atoms with Crippen LogP contribution in [0, 0.1) is 52.3 Å². The molecule has 0 spiro atoms. The zero-order valence-electron chi connectivity index (χ0n) is 19.9. The molecule has 10 unspecified atom stereocenters. The predicted molar refractivity (Wildman–Crippen MR) is 120 cm³/mol. The Hall–Kier alpha value is -0.0800. The summed E-state index contributed by atoms with van der Waals surface area (Å²) < 4.78 is 0. The molecular weight excluding hydrogens is 356 g/mol. The van der Waals surface area contributed by atoms with Crippen LogP contribution in [0.3, 0.4) is 0 Å². The number of rotatable bonds is 5. The van der Waals surface area contributed by atoms with Crippen molar-refractivity contribution in [1.29, 1.82) is 0 Å². The third kappa shape index (κ3) is 3.53. The highest BCUT2D eigenvalue weighted by molar-refractivity contribution is 5.13. The van der Waals surface area contributed by atoms with Gasteiger partial charge in [-0.15, -0.1) is 0 Å². The lowest BCUT2D eigenvalue weighted by molar-refractivity contribution is -0.215. The molecular formula is C27H48O2. The minimum Gasteiger partial charge on any atom is -0.390 e. The molecule has 0 heterocycles. The van der Waals surface area contributed by atoms with Gasteiger partial charge in [0, 0.05) is 0 Å². The van der Waals surface area contributed by atoms with Crippen LogP contribution in [0.4, 0.5) is 0 Å². The molecule has 2 nitrogen and oxygen atoms in total. The molecule has 0 bridgehead atoms. The van der Waals surface area contributed by atoms with Crippen LogP contribution in [0.15, 0.2) is 0 Å². The number of hydrogen-bond donors (Lipinski definition) is 2. The minimum absolute atomic E-state index is 0.254. The molecule has 168 valence electrons. The number of hydrogen-bond acceptors (Lipinski definition) is 2. The highest BCUT2D eigenvalue weighted by Crippen LogP contribution is 2.68. The van der Waals surface area contributed by atoms with Crippen LogP contribution in [-0.2, 0) is 0 Å². The van der Waals surface area contributed by atoms with Crippen molar-refractivity contribution >= 4 is 0 Å². The summed E-state index contributed by atoms with van der Waals surface area (Å²) in [6.07, 6.45) is 13.3. The summed E-state index contributed by atoms with van der Waals surface area (Å²) in [5.41, 5.74) is 0.626. The Morgan fingerprint density at radius 2 is 1.48 bits per heavy atom. The number of aliphatic hydroxyl groups is 2. The lowest BCUT2D eigenvalue weighted by atomic mass is 9.43. The molecule has 4 rings (SSSR count). The van der Waals surface area contributed by atoms with Crippen molar-refractivity contribution < 1.29 is 10.2 Å². The van der Waals surface area contributed by atoms with Crippen molar-refractivity contribution in [3.63, 3.8) is 0 Å². The monoisotopic (exact) mass is 404 g/mol. The molecule has 4 aliphatic carbocycles. The summed E-state index contributed by atoms with van der Waals surface area (Å²) in [6, 6.07) is 0. The van der Waals surface area contributed by atoms with E-state index in [-0.39, 0.29) is 5.41 Å². The van der Waals surface area contributed by atoms with Gasteiger partial charge in [-0.05, 0) is 90.8 Å². The minimum atomic E-state index is -0.494. The second-order valence-electron chi connectivity index (χ2n) is 12.7. The van der Waals surface area contributed by atoms with Gasteiger partial charge in [-0.1, -0.05) is 66.7 Å². The van der Waals surface area contributed by atoms with E-state index in [1.165, 1.54) is 64.2 Å². The van der Waals surface area contributed by atoms with E-state index in [1.54, 1.807) is 0 Å². The van der Waals surface area contributed by atoms with Gasteiger partial charge in [0.05, 0.1) is 12.2 Å². The van der Waals surface area contributed by atoms with Gasteiger partial charge < -0.3 is 10.2 Å². The summed E-state index contributed by atoms with van der Waals surface area (Å²) in [5.74, 6) is 4.31. The standard InChI is InChI=1S/C27H48O2/c1-17(2)9-8-10-18(3)19-12-13-20-23-21(14-16-27(19,20)5)26(4)15-7-6-11-22(26)24(28)25(23)29/h17-25,28-29H,6-16H2,1-5H3. The summed E-state index contributed by atoms with van der Waals surface area (Å²) in [5, 5.41) is 22.5. The van der Waals surface area contributed by atoms with Gasteiger partial charge in [0.25, 0.3) is 0 Å². The molecule has 29 heavy (non-hydrogen) atoms. The Kier molecular flexibility index (Phi) is 6.19. The van der Waals surface area contributed by atoms with E-state index in [4.69, 9.17) is 0 Å². The van der Waals surface area contributed by atoms with Crippen molar-refractivity contribution in [3.05, 3.63) is 0 Å². The Morgan fingerprint density at radius 3 is 2.21 bits per heavy atom. The van der Waals surface area contributed by atoms with E-state index in [2.05, 4.69) is 34.6 Å². The lowest BCUT2D eigenvalue weighted by Crippen LogP contribution is -2.63. The van der Waals surface area contributed by atoms with E-state index in [0.717, 1.165) is 24.2 Å². The van der Waals surface area contributed by atoms with Crippen molar-refractivity contribution in [2.24, 2.45) is 52.3 Å². The Labute approximate surface area is 180 Å². The smallest absolute Gasteiger partial charge is 0.0835 e. The topological polar surface area (TPSA) is 40.5 Å². The molecule has 0 amide bonds. The van der Waals surface area contributed by atoms with Gasteiger partial charge in [-0.3, -0.25) is 0 Å². The molecule has 4 aliphatic rings. The van der Waals surface area contributed by atoms with Crippen LogP contribution in [0.5, 0.6) is 0 Å². The molecule has 0 saturated heterocycles. The van der Waals surface area contributed by atoms with E-state index in [0.29, 0.717) is 29.1 Å². The van der Waals surface area contributed by atoms with Crippen LogP contribution in [0.25, 0.3) is 0 Å². The fourth-order valence-electron chi connectivity index (χ4n) is 9.34. The zero-order chi connectivity index (χ0) is 21.0. The molecule has 0 aliphatic heterocycles. The number of fused-ring (bicyclic) bond motifs is 5. The van der Waals surface area contributed by atoms with E-state index in [1.807, 2.05) is 0 Å². The highest BCUT2D eigenvalue weighted by Gasteiger charge is 2.64. The highest BCUT2D eigenvalue weighted by atomic mass is 16.3. The molecule has 0 aromatic carbocycles. The van der Waals surface area contributed by atoms with Crippen LogP contribution in [-0.4, -0.2) is 22.4 Å². The second kappa shape index (κ2) is 8.12. The van der Waals surface area contributed by atoms with Crippen LogP contribution in [0.2, 0.25) is 0 Å². The molecule has 0 aromatic rings. The third-order valence-corrected chi connectivity index (χ3v) is 10.9. The van der Waals surface area contributed by atoms with Crippen molar-refractivity contribution in [2.45, 2.75) is 117 Å². The summed E-state index contributed by atoms with van der Waals surface area (Å²) in [6.45, 7) is 12.2. The molecule has 0 radical (unpaired) electrons. The van der Waals surface area contributed by atoms with Crippen LogP contribution in [0.1, 0.15) is 105 Å². The van der Waals surface area contributed by atoms with Gasteiger partial charge in [0.2, 0.25) is 0 Å². The van der Waals surface area contributed by atoms with Crippen molar-refractivity contribution in [1.82, 2.24) is 0 Å². The van der Waals surface area contributed by atoms with Crippen molar-refractivity contribution in [2.75, 3.05) is 0 Å². The molecule has 0 aromatic heterocycles. The summed E-state index contributed by atoms with van der Waals surface area (Å²) in [4.78, 5) is 0. The Balaban J connectivity index is 1.54. The first-order chi connectivity index (χ1) is 13.7. The maximum absolute atomic E-state index is 11.4. The van der Waals surface area contributed by atoms with E-state index < -0.39 is 12.2 Å². The van der Waals surface area contributed by atoms with Gasteiger partial charge >= 0.3 is 0 Å². The van der Waals surface area contributed by atoms with E-state index in [9.17, 15) is 10.2 Å². The lowest BCUT2D eigenvalue weighted by Gasteiger charge is -2.63. The van der Waals surface area contributed by atoms with Crippen molar-refractivity contribution in [3.8, 4) is 0 Å². The fraction of sp³-hybridized carbons (Fsp3) is 1.00. The zero-order valence-corrected chi connectivity index (χ0v) is 19.9. The summed E-state index contributed by atoms with van der Waals surface area (Å²) >= 11 is 0. The van der Waals surface area contributed by atoms with Crippen LogP contribution >= 0.6 is 0 Å². The quantitative estimate of drug-likeness (QED) is 0.553. The maximum atomic E-state index is 11.4. The molecule has 2 heteroatoms. The summed E-state index contributed by atoms with van der Waals surface area (Å²) in [7, 11) is 0. The van der Waals surface area contributed by atoms with E-state index >= 15 is 0 Å². The molecule has 4 fully saturated rings. The molecule has 2 N–H and O–H groups in total. The van der Waals surface area contributed by atoms with Crippen LogP contribution < -0.4 is 0 Å². The Morgan fingerprint density at radius 1 is 0.759 bits per heavy atom.